The lowest BCUT2D eigenvalue weighted by atomic mass is 9.82. The van der Waals surface area contributed by atoms with Crippen LogP contribution in [0.5, 0.6) is 0 Å². The molecule has 3 heteroatoms. The molecule has 0 spiro atoms. The predicted molar refractivity (Wildman–Crippen MR) is 220 cm³/mol. The second-order valence-electron chi connectivity index (χ2n) is 14.5. The Morgan fingerprint density at radius 2 is 0.906 bits per heavy atom. The second-order valence-corrected chi connectivity index (χ2v) is 14.5. The Kier molecular flexibility index (Phi) is 7.16. The van der Waals surface area contributed by atoms with Gasteiger partial charge in [-0.2, -0.15) is 0 Å². The summed E-state index contributed by atoms with van der Waals surface area (Å²) in [5, 5.41) is 4.56. The van der Waals surface area contributed by atoms with Gasteiger partial charge in [-0.25, -0.2) is 15.0 Å². The summed E-state index contributed by atoms with van der Waals surface area (Å²) in [5.74, 6) is 1.95. The highest BCUT2D eigenvalue weighted by atomic mass is 15.0. The molecule has 0 saturated carbocycles. The Hall–Kier alpha value is -6.71. The number of hydrogen-bond acceptors (Lipinski definition) is 3. The van der Waals surface area contributed by atoms with Crippen LogP contribution in [0.15, 0.2) is 176 Å². The van der Waals surface area contributed by atoms with Crippen LogP contribution in [0.4, 0.5) is 0 Å². The molecule has 0 aliphatic heterocycles. The molecule has 9 aromatic rings. The highest BCUT2D eigenvalue weighted by Gasteiger charge is 2.36. The fourth-order valence-corrected chi connectivity index (χ4v) is 8.18. The zero-order chi connectivity index (χ0) is 35.5. The molecule has 3 nitrogen and oxygen atoms in total. The van der Waals surface area contributed by atoms with Crippen molar-refractivity contribution in [3.8, 4) is 67.5 Å². The second kappa shape index (κ2) is 12.2. The Morgan fingerprint density at radius 3 is 1.70 bits per heavy atom. The van der Waals surface area contributed by atoms with E-state index < -0.39 is 0 Å². The van der Waals surface area contributed by atoms with Crippen LogP contribution in [0.2, 0.25) is 0 Å². The van der Waals surface area contributed by atoms with E-state index in [0.717, 1.165) is 44.0 Å². The van der Waals surface area contributed by atoms with Crippen LogP contribution in [-0.4, -0.2) is 15.0 Å². The fraction of sp³-hybridized carbons (Fsp3) is 0.0600. The zero-order valence-corrected chi connectivity index (χ0v) is 29.6. The van der Waals surface area contributed by atoms with Gasteiger partial charge in [-0.3, -0.25) is 0 Å². The standard InChI is InChI=1S/C50H35N3/c1-50(2)44-22-12-11-20-42(44)46-41(21-13-23-45(46)50)37-26-24-35-29-38(27-25-34(35)28-37)48-51-47(33-16-7-4-8-17-33)52-49(53-48)43-31-39(32-14-5-3-6-15-32)30-36-18-9-10-19-40(36)43/h3-31H,1-2H3. The van der Waals surface area contributed by atoms with Crippen molar-refractivity contribution in [3.63, 3.8) is 0 Å². The molecule has 8 aromatic carbocycles. The van der Waals surface area contributed by atoms with Crippen LogP contribution in [0, 0.1) is 0 Å². The van der Waals surface area contributed by atoms with Crippen molar-refractivity contribution in [3.05, 3.63) is 187 Å². The summed E-state index contributed by atoms with van der Waals surface area (Å²) in [6, 6.07) is 62.6. The van der Waals surface area contributed by atoms with Gasteiger partial charge in [0.2, 0.25) is 0 Å². The van der Waals surface area contributed by atoms with Gasteiger partial charge in [-0.15, -0.1) is 0 Å². The predicted octanol–water partition coefficient (Wildman–Crippen LogP) is 12.8. The van der Waals surface area contributed by atoms with Crippen molar-refractivity contribution in [1.29, 1.82) is 0 Å². The first-order valence-electron chi connectivity index (χ1n) is 18.2. The monoisotopic (exact) mass is 677 g/mol. The average molecular weight is 678 g/mol. The molecule has 0 radical (unpaired) electrons. The van der Waals surface area contributed by atoms with Gasteiger partial charge in [0.15, 0.2) is 17.5 Å². The molecule has 53 heavy (non-hydrogen) atoms. The van der Waals surface area contributed by atoms with Crippen LogP contribution in [-0.2, 0) is 5.41 Å². The van der Waals surface area contributed by atoms with E-state index in [1.165, 1.54) is 38.8 Å². The minimum atomic E-state index is -0.0369. The van der Waals surface area contributed by atoms with Gasteiger partial charge in [-0.05, 0) is 90.3 Å². The SMILES string of the molecule is CC1(C)c2ccccc2-c2c(-c3ccc4cc(-c5nc(-c6ccccc6)nc(-c6cc(-c7ccccc7)cc7ccccc67)n5)ccc4c3)cccc21. The van der Waals surface area contributed by atoms with Crippen LogP contribution >= 0.6 is 0 Å². The molecule has 10 rings (SSSR count). The number of hydrogen-bond donors (Lipinski definition) is 0. The molecule has 0 N–H and O–H groups in total. The minimum absolute atomic E-state index is 0.0369. The average Bonchev–Trinajstić information content (AvgIpc) is 3.46. The third-order valence-electron chi connectivity index (χ3n) is 10.9. The van der Waals surface area contributed by atoms with Crippen molar-refractivity contribution in [1.82, 2.24) is 15.0 Å². The number of rotatable bonds is 5. The summed E-state index contributed by atoms with van der Waals surface area (Å²) in [6.07, 6.45) is 0. The molecular formula is C50H35N3. The molecule has 1 aliphatic rings. The molecule has 0 amide bonds. The number of aromatic nitrogens is 3. The smallest absolute Gasteiger partial charge is 0.164 e. The maximum Gasteiger partial charge on any atom is 0.164 e. The molecule has 1 aromatic heterocycles. The quantitative estimate of drug-likeness (QED) is 0.182. The van der Waals surface area contributed by atoms with E-state index in [1.807, 2.05) is 24.3 Å². The molecular weight excluding hydrogens is 643 g/mol. The third kappa shape index (κ3) is 5.24. The number of fused-ring (bicyclic) bond motifs is 5. The van der Waals surface area contributed by atoms with E-state index in [-0.39, 0.29) is 5.41 Å². The fourth-order valence-electron chi connectivity index (χ4n) is 8.18. The summed E-state index contributed by atoms with van der Waals surface area (Å²) in [6.45, 7) is 4.67. The molecule has 0 fully saturated rings. The Morgan fingerprint density at radius 1 is 0.340 bits per heavy atom. The maximum atomic E-state index is 5.21. The van der Waals surface area contributed by atoms with Crippen LogP contribution < -0.4 is 0 Å². The summed E-state index contributed by atoms with van der Waals surface area (Å²) in [7, 11) is 0. The topological polar surface area (TPSA) is 38.7 Å². The summed E-state index contributed by atoms with van der Waals surface area (Å²) in [5.41, 5.74) is 13.1. The molecule has 0 saturated heterocycles. The maximum absolute atomic E-state index is 5.21. The lowest BCUT2D eigenvalue weighted by molar-refractivity contribution is 0.660. The summed E-state index contributed by atoms with van der Waals surface area (Å²) in [4.78, 5) is 15.4. The minimum Gasteiger partial charge on any atom is -0.208 e. The van der Waals surface area contributed by atoms with E-state index in [4.69, 9.17) is 15.0 Å². The largest absolute Gasteiger partial charge is 0.208 e. The van der Waals surface area contributed by atoms with Gasteiger partial charge >= 0.3 is 0 Å². The van der Waals surface area contributed by atoms with Gasteiger partial charge in [-0.1, -0.05) is 166 Å². The highest BCUT2D eigenvalue weighted by Crippen LogP contribution is 2.52. The van der Waals surface area contributed by atoms with Crippen LogP contribution in [0.1, 0.15) is 25.0 Å². The van der Waals surface area contributed by atoms with E-state index in [1.54, 1.807) is 0 Å². The Balaban J connectivity index is 1.11. The molecule has 0 atom stereocenters. The first kappa shape index (κ1) is 31.1. The third-order valence-corrected chi connectivity index (χ3v) is 10.9. The van der Waals surface area contributed by atoms with Crippen LogP contribution in [0.25, 0.3) is 89.1 Å². The van der Waals surface area contributed by atoms with E-state index in [0.29, 0.717) is 17.5 Å². The lowest BCUT2D eigenvalue weighted by Crippen LogP contribution is -2.14. The molecule has 250 valence electrons. The van der Waals surface area contributed by atoms with Gasteiger partial charge < -0.3 is 0 Å². The van der Waals surface area contributed by atoms with Gasteiger partial charge in [0.1, 0.15) is 0 Å². The Bertz CT molecular complexity index is 2860. The highest BCUT2D eigenvalue weighted by molar-refractivity contribution is 6.00. The first-order chi connectivity index (χ1) is 26.0. The lowest BCUT2D eigenvalue weighted by Gasteiger charge is -2.21. The number of nitrogens with zero attached hydrogens (tertiary/aromatic N) is 3. The van der Waals surface area contributed by atoms with E-state index >= 15 is 0 Å². The van der Waals surface area contributed by atoms with Gasteiger partial charge in [0.25, 0.3) is 0 Å². The molecule has 0 bridgehead atoms. The number of benzene rings is 8. The Labute approximate surface area is 309 Å². The van der Waals surface area contributed by atoms with E-state index in [9.17, 15) is 0 Å². The zero-order valence-electron chi connectivity index (χ0n) is 29.6. The van der Waals surface area contributed by atoms with Crippen LogP contribution in [0.3, 0.4) is 0 Å². The van der Waals surface area contributed by atoms with Crippen molar-refractivity contribution >= 4 is 21.5 Å². The molecule has 0 unspecified atom stereocenters. The van der Waals surface area contributed by atoms with Crippen molar-refractivity contribution < 1.29 is 0 Å². The normalized spacial score (nSPS) is 12.9. The summed E-state index contributed by atoms with van der Waals surface area (Å²) < 4.78 is 0. The summed E-state index contributed by atoms with van der Waals surface area (Å²) >= 11 is 0. The van der Waals surface area contributed by atoms with Gasteiger partial charge in [0, 0.05) is 22.1 Å². The van der Waals surface area contributed by atoms with Crippen molar-refractivity contribution in [2.75, 3.05) is 0 Å². The van der Waals surface area contributed by atoms with Gasteiger partial charge in [0.05, 0.1) is 0 Å². The molecule has 1 heterocycles. The van der Waals surface area contributed by atoms with Crippen molar-refractivity contribution in [2.45, 2.75) is 19.3 Å². The first-order valence-corrected chi connectivity index (χ1v) is 18.2. The van der Waals surface area contributed by atoms with E-state index in [2.05, 4.69) is 166 Å². The van der Waals surface area contributed by atoms with Crippen molar-refractivity contribution in [2.24, 2.45) is 0 Å². The molecule has 1 aliphatic carbocycles.